The minimum atomic E-state index is -1.16. The van der Waals surface area contributed by atoms with E-state index in [9.17, 15) is 18.4 Å². The van der Waals surface area contributed by atoms with E-state index in [4.69, 9.17) is 5.84 Å². The van der Waals surface area contributed by atoms with Crippen LogP contribution in [0.3, 0.4) is 0 Å². The van der Waals surface area contributed by atoms with E-state index in [1.54, 1.807) is 13.8 Å². The Bertz CT molecular complexity index is 747. The summed E-state index contributed by atoms with van der Waals surface area (Å²) in [5.41, 5.74) is -1.60. The minimum Gasteiger partial charge on any atom is -0.332 e. The van der Waals surface area contributed by atoms with Crippen LogP contribution in [0.2, 0.25) is 0 Å². The maximum atomic E-state index is 13.2. The number of hydrogen-bond donors (Lipinski definition) is 1. The molecule has 0 aliphatic rings. The molecule has 0 aliphatic heterocycles. The predicted octanol–water partition coefficient (Wildman–Crippen LogP) is 0.736. The first-order chi connectivity index (χ1) is 8.34. The molecule has 7 heteroatoms. The fourth-order valence-corrected chi connectivity index (χ4v) is 1.84. The summed E-state index contributed by atoms with van der Waals surface area (Å²) < 4.78 is 27.9. The smallest absolute Gasteiger partial charge is 0.332 e. The van der Waals surface area contributed by atoms with E-state index in [2.05, 4.69) is 0 Å². The molecular weight excluding hydrogens is 244 g/mol. The van der Waals surface area contributed by atoms with Crippen molar-refractivity contribution in [3.05, 3.63) is 44.6 Å². The number of rotatable bonds is 1. The van der Waals surface area contributed by atoms with E-state index in [0.29, 0.717) is 4.68 Å². The zero-order valence-electron chi connectivity index (χ0n) is 9.78. The van der Waals surface area contributed by atoms with Crippen LogP contribution < -0.4 is 17.1 Å². The lowest BCUT2D eigenvalue weighted by Crippen LogP contribution is -2.45. The van der Waals surface area contributed by atoms with Crippen molar-refractivity contribution in [3.63, 3.8) is 0 Å². The van der Waals surface area contributed by atoms with Gasteiger partial charge in [0.2, 0.25) is 0 Å². The molecule has 18 heavy (non-hydrogen) atoms. The van der Waals surface area contributed by atoms with Crippen molar-refractivity contribution >= 4 is 10.9 Å². The molecule has 0 saturated heterocycles. The Morgan fingerprint density at radius 1 is 1.17 bits per heavy atom. The molecule has 0 spiro atoms. The largest absolute Gasteiger partial charge is 0.350 e. The molecule has 2 aromatic rings. The maximum Gasteiger partial charge on any atom is 0.350 e. The molecule has 5 nitrogen and oxygen atoms in total. The van der Waals surface area contributed by atoms with Crippen molar-refractivity contribution in [2.24, 2.45) is 0 Å². The highest BCUT2D eigenvalue weighted by atomic mass is 19.2. The van der Waals surface area contributed by atoms with Crippen molar-refractivity contribution in [1.82, 2.24) is 9.24 Å². The van der Waals surface area contributed by atoms with E-state index in [0.717, 1.165) is 16.7 Å². The number of halogens is 2. The summed E-state index contributed by atoms with van der Waals surface area (Å²) in [6.07, 6.45) is 0. The summed E-state index contributed by atoms with van der Waals surface area (Å²) in [6.45, 7) is 3.35. The monoisotopic (exact) mass is 255 g/mol. The lowest BCUT2D eigenvalue weighted by molar-refractivity contribution is 0.506. The zero-order chi connectivity index (χ0) is 13.6. The molecule has 1 aromatic heterocycles. The van der Waals surface area contributed by atoms with Gasteiger partial charge in [0.1, 0.15) is 0 Å². The summed E-state index contributed by atoms with van der Waals surface area (Å²) in [4.78, 5) is 23.5. The Balaban J connectivity index is 3.13. The summed E-state index contributed by atoms with van der Waals surface area (Å²) in [5, 5.41) is -0.135. The lowest BCUT2D eigenvalue weighted by atomic mass is 10.2. The maximum absolute atomic E-state index is 13.2. The van der Waals surface area contributed by atoms with Crippen molar-refractivity contribution in [2.45, 2.75) is 19.9 Å². The molecule has 0 radical (unpaired) electrons. The first-order valence-electron chi connectivity index (χ1n) is 5.26. The molecule has 96 valence electrons. The van der Waals surface area contributed by atoms with Crippen LogP contribution in [0.25, 0.3) is 10.9 Å². The van der Waals surface area contributed by atoms with E-state index < -0.39 is 22.9 Å². The molecule has 2 rings (SSSR count). The second kappa shape index (κ2) is 3.94. The second-order valence-electron chi connectivity index (χ2n) is 4.20. The van der Waals surface area contributed by atoms with Crippen LogP contribution in [-0.2, 0) is 0 Å². The molecule has 0 saturated carbocycles. The molecule has 0 atom stereocenters. The Morgan fingerprint density at radius 3 is 2.28 bits per heavy atom. The molecule has 1 aromatic carbocycles. The first kappa shape index (κ1) is 12.3. The SMILES string of the molecule is CC(C)n1c(=O)n(N)c(=O)c2cc(F)c(F)cc21. The van der Waals surface area contributed by atoms with Crippen molar-refractivity contribution < 1.29 is 8.78 Å². The van der Waals surface area contributed by atoms with Gasteiger partial charge >= 0.3 is 5.69 Å². The van der Waals surface area contributed by atoms with Crippen molar-refractivity contribution in [3.8, 4) is 0 Å². The highest BCUT2D eigenvalue weighted by Crippen LogP contribution is 2.16. The van der Waals surface area contributed by atoms with Gasteiger partial charge < -0.3 is 5.84 Å². The average Bonchev–Trinajstić information content (AvgIpc) is 2.29. The molecule has 0 unspecified atom stereocenters. The van der Waals surface area contributed by atoms with Crippen LogP contribution >= 0.6 is 0 Å². The van der Waals surface area contributed by atoms with E-state index in [1.165, 1.54) is 0 Å². The third kappa shape index (κ3) is 1.59. The Kier molecular flexibility index (Phi) is 2.68. The summed E-state index contributed by atoms with van der Waals surface area (Å²) in [6, 6.07) is 1.22. The topological polar surface area (TPSA) is 70.0 Å². The first-order valence-corrected chi connectivity index (χ1v) is 5.26. The van der Waals surface area contributed by atoms with Gasteiger partial charge in [0.15, 0.2) is 11.6 Å². The number of hydrogen-bond acceptors (Lipinski definition) is 3. The Labute approximate surface area is 100 Å². The van der Waals surface area contributed by atoms with Gasteiger partial charge in [-0.3, -0.25) is 9.36 Å². The van der Waals surface area contributed by atoms with Gasteiger partial charge in [-0.05, 0) is 19.9 Å². The van der Waals surface area contributed by atoms with Crippen LogP contribution in [0.15, 0.2) is 21.7 Å². The van der Waals surface area contributed by atoms with Crippen LogP contribution in [0.5, 0.6) is 0 Å². The molecular formula is C11H11F2N3O2. The normalized spacial score (nSPS) is 11.4. The number of nitrogen functional groups attached to an aromatic ring is 1. The molecule has 2 N–H and O–H groups in total. The Morgan fingerprint density at radius 2 is 1.72 bits per heavy atom. The third-order valence-electron chi connectivity index (χ3n) is 2.68. The third-order valence-corrected chi connectivity index (χ3v) is 2.68. The van der Waals surface area contributed by atoms with Gasteiger partial charge in [0.05, 0.1) is 10.9 Å². The summed E-state index contributed by atoms with van der Waals surface area (Å²) >= 11 is 0. The van der Waals surface area contributed by atoms with Crippen molar-refractivity contribution in [2.75, 3.05) is 5.84 Å². The van der Waals surface area contributed by atoms with Gasteiger partial charge in [-0.2, -0.15) is 4.68 Å². The zero-order valence-corrected chi connectivity index (χ0v) is 9.78. The highest BCUT2D eigenvalue weighted by Gasteiger charge is 2.16. The number of aromatic nitrogens is 2. The highest BCUT2D eigenvalue weighted by molar-refractivity contribution is 5.78. The minimum absolute atomic E-state index is 0.0283. The predicted molar refractivity (Wildman–Crippen MR) is 62.9 cm³/mol. The molecule has 0 amide bonds. The second-order valence-corrected chi connectivity index (χ2v) is 4.20. The van der Waals surface area contributed by atoms with Gasteiger partial charge in [0, 0.05) is 12.1 Å². The fraction of sp³-hybridized carbons (Fsp3) is 0.273. The van der Waals surface area contributed by atoms with Gasteiger partial charge in [-0.15, -0.1) is 0 Å². The van der Waals surface area contributed by atoms with Gasteiger partial charge in [0.25, 0.3) is 5.56 Å². The van der Waals surface area contributed by atoms with Crippen LogP contribution in [-0.4, -0.2) is 9.24 Å². The van der Waals surface area contributed by atoms with Crippen LogP contribution in [0.4, 0.5) is 8.78 Å². The van der Waals surface area contributed by atoms with E-state index >= 15 is 0 Å². The van der Waals surface area contributed by atoms with E-state index in [-0.39, 0.29) is 16.9 Å². The fourth-order valence-electron chi connectivity index (χ4n) is 1.84. The standard InChI is InChI=1S/C11H11F2N3O2/c1-5(2)15-9-4-8(13)7(12)3-6(9)10(17)16(14)11(15)18/h3-5H,14H2,1-2H3. The quantitative estimate of drug-likeness (QED) is 0.764. The van der Waals surface area contributed by atoms with Gasteiger partial charge in [-0.25, -0.2) is 13.6 Å². The van der Waals surface area contributed by atoms with Crippen molar-refractivity contribution in [1.29, 1.82) is 0 Å². The summed E-state index contributed by atoms with van der Waals surface area (Å²) in [7, 11) is 0. The van der Waals surface area contributed by atoms with Crippen LogP contribution in [0.1, 0.15) is 19.9 Å². The number of nitrogens with two attached hydrogens (primary N) is 1. The Hall–Kier alpha value is -2.18. The molecule has 0 aliphatic carbocycles. The lowest BCUT2D eigenvalue weighted by Gasteiger charge is -2.14. The number of fused-ring (bicyclic) bond motifs is 1. The van der Waals surface area contributed by atoms with E-state index in [1.807, 2.05) is 0 Å². The number of nitrogens with zero attached hydrogens (tertiary/aromatic N) is 2. The average molecular weight is 255 g/mol. The molecule has 0 fully saturated rings. The molecule has 0 bridgehead atoms. The number of benzene rings is 1. The van der Waals surface area contributed by atoms with Crippen LogP contribution in [0, 0.1) is 11.6 Å². The summed E-state index contributed by atoms with van der Waals surface area (Å²) in [5.74, 6) is 3.05. The van der Waals surface area contributed by atoms with Gasteiger partial charge in [-0.1, -0.05) is 0 Å². The molecule has 1 heterocycles.